The van der Waals surface area contributed by atoms with Gasteiger partial charge in [-0.05, 0) is 45.4 Å². The highest BCUT2D eigenvalue weighted by molar-refractivity contribution is 5.26. The number of alkyl halides is 3. The van der Waals surface area contributed by atoms with Crippen LogP contribution < -0.4 is 5.32 Å². The number of hydrogen-bond donors (Lipinski definition) is 1. The van der Waals surface area contributed by atoms with Crippen molar-refractivity contribution in [3.05, 3.63) is 29.6 Å². The van der Waals surface area contributed by atoms with Crippen LogP contribution in [-0.2, 0) is 12.6 Å². The SMILES string of the molecule is CC(C)(C)NCCc1cnccc1C(F)(F)F. The van der Waals surface area contributed by atoms with Crippen LogP contribution in [0.3, 0.4) is 0 Å². The van der Waals surface area contributed by atoms with Crippen LogP contribution >= 0.6 is 0 Å². The maximum atomic E-state index is 12.7. The van der Waals surface area contributed by atoms with Crippen molar-refractivity contribution in [3.8, 4) is 0 Å². The summed E-state index contributed by atoms with van der Waals surface area (Å²) < 4.78 is 38.0. The first-order chi connectivity index (χ1) is 7.70. The fourth-order valence-corrected chi connectivity index (χ4v) is 1.48. The van der Waals surface area contributed by atoms with Crippen LogP contribution in [0.25, 0.3) is 0 Å². The molecule has 0 saturated heterocycles. The van der Waals surface area contributed by atoms with Gasteiger partial charge in [0.2, 0.25) is 0 Å². The summed E-state index contributed by atoms with van der Waals surface area (Å²) in [6.07, 6.45) is -1.53. The third kappa shape index (κ3) is 4.73. The molecule has 0 atom stereocenters. The minimum Gasteiger partial charge on any atom is -0.312 e. The van der Waals surface area contributed by atoms with E-state index in [1.165, 1.54) is 12.4 Å². The van der Waals surface area contributed by atoms with Crippen LogP contribution in [0, 0.1) is 0 Å². The zero-order valence-corrected chi connectivity index (χ0v) is 10.2. The maximum absolute atomic E-state index is 12.7. The first-order valence-electron chi connectivity index (χ1n) is 5.45. The van der Waals surface area contributed by atoms with Crippen molar-refractivity contribution in [2.75, 3.05) is 6.54 Å². The van der Waals surface area contributed by atoms with Crippen molar-refractivity contribution in [1.82, 2.24) is 10.3 Å². The number of aromatic nitrogens is 1. The second-order valence-corrected chi connectivity index (χ2v) is 4.96. The van der Waals surface area contributed by atoms with Gasteiger partial charge in [0, 0.05) is 17.9 Å². The molecule has 0 aliphatic rings. The normalized spacial score (nSPS) is 12.8. The van der Waals surface area contributed by atoms with Crippen molar-refractivity contribution < 1.29 is 13.2 Å². The molecule has 1 rings (SSSR count). The Bertz CT molecular complexity index is 367. The van der Waals surface area contributed by atoms with Gasteiger partial charge < -0.3 is 5.32 Å². The van der Waals surface area contributed by atoms with Crippen LogP contribution in [0.2, 0.25) is 0 Å². The van der Waals surface area contributed by atoms with Crippen LogP contribution in [0.4, 0.5) is 13.2 Å². The molecule has 0 saturated carbocycles. The number of hydrogen-bond acceptors (Lipinski definition) is 2. The molecule has 0 radical (unpaired) electrons. The summed E-state index contributed by atoms with van der Waals surface area (Å²) in [5.74, 6) is 0. The molecule has 0 aromatic carbocycles. The fraction of sp³-hybridized carbons (Fsp3) is 0.583. The Morgan fingerprint density at radius 1 is 1.24 bits per heavy atom. The minimum atomic E-state index is -4.31. The topological polar surface area (TPSA) is 24.9 Å². The predicted molar refractivity (Wildman–Crippen MR) is 60.7 cm³/mol. The van der Waals surface area contributed by atoms with Gasteiger partial charge in [-0.25, -0.2) is 0 Å². The standard InChI is InChI=1S/C12H17F3N2/c1-11(2,3)17-7-4-9-8-16-6-5-10(9)12(13,14)15/h5-6,8,17H,4,7H2,1-3H3. The number of nitrogens with one attached hydrogen (secondary N) is 1. The highest BCUT2D eigenvalue weighted by Crippen LogP contribution is 2.31. The van der Waals surface area contributed by atoms with E-state index < -0.39 is 11.7 Å². The van der Waals surface area contributed by atoms with Crippen molar-refractivity contribution in [2.45, 2.75) is 38.9 Å². The van der Waals surface area contributed by atoms with E-state index in [1.807, 2.05) is 20.8 Å². The largest absolute Gasteiger partial charge is 0.416 e. The molecule has 1 heterocycles. The highest BCUT2D eigenvalue weighted by atomic mass is 19.4. The Labute approximate surface area is 99.3 Å². The molecule has 0 amide bonds. The number of pyridine rings is 1. The Hall–Kier alpha value is -1.10. The monoisotopic (exact) mass is 246 g/mol. The lowest BCUT2D eigenvalue weighted by Gasteiger charge is -2.21. The molecule has 1 N–H and O–H groups in total. The first-order valence-corrected chi connectivity index (χ1v) is 5.45. The molecule has 1 aromatic rings. The average molecular weight is 246 g/mol. The molecule has 2 nitrogen and oxygen atoms in total. The lowest BCUT2D eigenvalue weighted by molar-refractivity contribution is -0.138. The summed E-state index contributed by atoms with van der Waals surface area (Å²) in [5, 5.41) is 3.15. The number of nitrogens with zero attached hydrogens (tertiary/aromatic N) is 1. The van der Waals surface area contributed by atoms with E-state index in [1.54, 1.807) is 0 Å². The Kier molecular flexibility index (Phi) is 4.14. The van der Waals surface area contributed by atoms with E-state index in [9.17, 15) is 13.2 Å². The van der Waals surface area contributed by atoms with E-state index >= 15 is 0 Å². The average Bonchev–Trinajstić information content (AvgIpc) is 2.15. The Morgan fingerprint density at radius 3 is 2.41 bits per heavy atom. The smallest absolute Gasteiger partial charge is 0.312 e. The summed E-state index contributed by atoms with van der Waals surface area (Å²) in [7, 11) is 0. The van der Waals surface area contributed by atoms with Gasteiger partial charge in [-0.1, -0.05) is 0 Å². The van der Waals surface area contributed by atoms with Crippen molar-refractivity contribution in [3.63, 3.8) is 0 Å². The van der Waals surface area contributed by atoms with Crippen LogP contribution in [0.1, 0.15) is 31.9 Å². The molecule has 5 heteroatoms. The van der Waals surface area contributed by atoms with Gasteiger partial charge in [-0.3, -0.25) is 4.98 Å². The predicted octanol–water partition coefficient (Wildman–Crippen LogP) is 3.03. The van der Waals surface area contributed by atoms with E-state index in [4.69, 9.17) is 0 Å². The maximum Gasteiger partial charge on any atom is 0.416 e. The van der Waals surface area contributed by atoms with Gasteiger partial charge in [0.05, 0.1) is 5.56 Å². The Morgan fingerprint density at radius 2 is 1.88 bits per heavy atom. The van der Waals surface area contributed by atoms with Gasteiger partial charge in [-0.15, -0.1) is 0 Å². The summed E-state index contributed by atoms with van der Waals surface area (Å²) in [5.41, 5.74) is -0.458. The second-order valence-electron chi connectivity index (χ2n) is 4.96. The zero-order chi connectivity index (χ0) is 13.1. The molecule has 17 heavy (non-hydrogen) atoms. The van der Waals surface area contributed by atoms with Gasteiger partial charge in [0.25, 0.3) is 0 Å². The second kappa shape index (κ2) is 5.04. The lowest BCUT2D eigenvalue weighted by Crippen LogP contribution is -2.37. The van der Waals surface area contributed by atoms with E-state index in [0.717, 1.165) is 6.07 Å². The molecule has 0 aliphatic carbocycles. The molecular weight excluding hydrogens is 229 g/mol. The highest BCUT2D eigenvalue weighted by Gasteiger charge is 2.32. The van der Waals surface area contributed by atoms with Gasteiger partial charge >= 0.3 is 6.18 Å². The third-order valence-corrected chi connectivity index (χ3v) is 2.26. The molecule has 0 aliphatic heterocycles. The van der Waals surface area contributed by atoms with Crippen LogP contribution in [0.5, 0.6) is 0 Å². The van der Waals surface area contributed by atoms with Gasteiger partial charge in [0.1, 0.15) is 0 Å². The zero-order valence-electron chi connectivity index (χ0n) is 10.2. The number of halogens is 3. The molecule has 0 unspecified atom stereocenters. The molecule has 96 valence electrons. The van der Waals surface area contributed by atoms with Gasteiger partial charge in [0.15, 0.2) is 0 Å². The lowest BCUT2D eigenvalue weighted by atomic mass is 10.1. The van der Waals surface area contributed by atoms with Crippen LogP contribution in [0.15, 0.2) is 18.5 Å². The van der Waals surface area contributed by atoms with Gasteiger partial charge in [-0.2, -0.15) is 13.2 Å². The molecule has 0 bridgehead atoms. The van der Waals surface area contributed by atoms with E-state index in [0.29, 0.717) is 13.0 Å². The summed E-state index contributed by atoms with van der Waals surface area (Å²) in [6, 6.07) is 1.02. The Balaban J connectivity index is 2.72. The van der Waals surface area contributed by atoms with Crippen molar-refractivity contribution in [1.29, 1.82) is 0 Å². The number of rotatable bonds is 3. The molecule has 1 aromatic heterocycles. The fourth-order valence-electron chi connectivity index (χ4n) is 1.48. The summed E-state index contributed by atoms with van der Waals surface area (Å²) in [4.78, 5) is 3.75. The van der Waals surface area contributed by atoms with E-state index in [-0.39, 0.29) is 11.1 Å². The van der Waals surface area contributed by atoms with Crippen molar-refractivity contribution >= 4 is 0 Å². The summed E-state index contributed by atoms with van der Waals surface area (Å²) in [6.45, 7) is 6.42. The van der Waals surface area contributed by atoms with Crippen molar-refractivity contribution in [2.24, 2.45) is 0 Å². The molecular formula is C12H17F3N2. The molecule has 0 spiro atoms. The quantitative estimate of drug-likeness (QED) is 0.886. The first kappa shape index (κ1) is 14.0. The van der Waals surface area contributed by atoms with E-state index in [2.05, 4.69) is 10.3 Å². The molecule has 0 fully saturated rings. The minimum absolute atomic E-state index is 0.0966. The third-order valence-electron chi connectivity index (χ3n) is 2.26. The summed E-state index contributed by atoms with van der Waals surface area (Å²) >= 11 is 0. The van der Waals surface area contributed by atoms with Crippen LogP contribution in [-0.4, -0.2) is 17.1 Å².